The molecule has 6 aliphatic carbocycles. The van der Waals surface area contributed by atoms with E-state index in [2.05, 4.69) is 288 Å². The van der Waals surface area contributed by atoms with Crippen LogP contribution >= 0.6 is 0 Å². The van der Waals surface area contributed by atoms with E-state index in [1.807, 2.05) is 208 Å². The molecule has 0 N–H and O–H groups in total. The molecule has 15 aromatic rings. The number of para-hydroxylation sites is 3. The molecule has 0 aromatic heterocycles. The maximum Gasteiger partial charge on any atom is 0.0578 e. The predicted octanol–water partition coefficient (Wildman–Crippen LogP) is 39.7. The monoisotopic (exact) mass is 1790 g/mol. The van der Waals surface area contributed by atoms with Crippen LogP contribution in [0.25, 0.3) is 66.8 Å². The lowest BCUT2D eigenvalue weighted by molar-refractivity contribution is 0.998. The van der Waals surface area contributed by atoms with Gasteiger partial charge in [0.1, 0.15) is 0 Å². The first-order valence-corrected chi connectivity index (χ1v) is 53.1. The number of hydrogen-bond acceptors (Lipinski definition) is 3. The summed E-state index contributed by atoms with van der Waals surface area (Å²) in [5.41, 5.74) is 64.8. The molecule has 0 saturated carbocycles. The fraction of sp³-hybridized carbons (Fsp3) is 0.318. The average Bonchev–Trinajstić information content (AvgIpc) is 1.68. The maximum atomic E-state index is 2.65. The Labute approximate surface area is 818 Å². The van der Waals surface area contributed by atoms with Crippen LogP contribution in [0.2, 0.25) is 0 Å². The molecule has 6 heterocycles. The minimum Gasteiger partial charge on any atom is -0.309 e. The largest absolute Gasteiger partial charge is 0.309 e. The summed E-state index contributed by atoms with van der Waals surface area (Å²) in [4.78, 5) is 7.90. The third-order valence-corrected chi connectivity index (χ3v) is 26.0. The van der Waals surface area contributed by atoms with Crippen molar-refractivity contribution in [3.05, 3.63) is 407 Å². The lowest BCUT2D eigenvalue weighted by Gasteiger charge is -2.41. The molecule has 702 valence electrons. The van der Waals surface area contributed by atoms with Gasteiger partial charge in [0, 0.05) is 50.5 Å². The van der Waals surface area contributed by atoms with Crippen LogP contribution in [-0.4, -0.2) is 0 Å². The lowest BCUT2D eigenvalue weighted by Crippen LogP contribution is -2.26. The van der Waals surface area contributed by atoms with Crippen LogP contribution in [0.3, 0.4) is 0 Å². The molecular weight excluding hydrogens is 1630 g/mol. The van der Waals surface area contributed by atoms with Gasteiger partial charge in [0.25, 0.3) is 0 Å². The third-order valence-electron chi connectivity index (χ3n) is 26.0. The second-order valence-electron chi connectivity index (χ2n) is 31.6. The summed E-state index contributed by atoms with van der Waals surface area (Å²) < 4.78 is 0. The van der Waals surface area contributed by atoms with Gasteiger partial charge >= 0.3 is 0 Å². The highest BCUT2D eigenvalue weighted by atomic mass is 15.2. The Morgan fingerprint density at radius 2 is 0.326 bits per heavy atom. The number of anilines is 9. The molecule has 6 aliphatic heterocycles. The average molecular weight is 1790 g/mol. The van der Waals surface area contributed by atoms with Crippen molar-refractivity contribution < 1.29 is 0 Å². The van der Waals surface area contributed by atoms with Crippen LogP contribution in [-0.2, 0) is 77.0 Å². The molecule has 0 spiro atoms. The summed E-state index contributed by atoms with van der Waals surface area (Å²) in [5.74, 6) is 0. The molecule has 12 aliphatic rings. The van der Waals surface area contributed by atoms with Crippen LogP contribution in [0, 0.1) is 0 Å². The van der Waals surface area contributed by atoms with Crippen molar-refractivity contribution in [1.82, 2.24) is 0 Å². The first kappa shape index (κ1) is 105. The molecule has 0 unspecified atom stereocenters. The van der Waals surface area contributed by atoms with E-state index in [1.165, 1.54) is 251 Å². The van der Waals surface area contributed by atoms with Crippen molar-refractivity contribution in [3.8, 4) is 66.8 Å². The number of benzene rings is 15. The fourth-order valence-corrected chi connectivity index (χ4v) is 21.5. The van der Waals surface area contributed by atoms with E-state index in [1.54, 1.807) is 0 Å². The zero-order valence-corrected chi connectivity index (χ0v) is 88.3. The molecular formula is C132H159N3. The van der Waals surface area contributed by atoms with Crippen molar-refractivity contribution in [2.24, 2.45) is 0 Å². The van der Waals surface area contributed by atoms with Gasteiger partial charge in [-0.05, 0) is 275 Å². The lowest BCUT2D eigenvalue weighted by atomic mass is 9.83. The molecule has 0 fully saturated rings. The summed E-state index contributed by atoms with van der Waals surface area (Å²) in [6, 6.07) is 104. The number of rotatable bonds is 0. The molecule has 0 saturated heterocycles. The molecule has 0 radical (unpaired) electrons. The van der Waals surface area contributed by atoms with Gasteiger partial charge in [0.15, 0.2) is 0 Å². The quantitative estimate of drug-likeness (QED) is 0.150. The zero-order valence-electron chi connectivity index (χ0n) is 88.3. The van der Waals surface area contributed by atoms with E-state index in [4.69, 9.17) is 0 Å². The summed E-state index contributed by atoms with van der Waals surface area (Å²) >= 11 is 0. The molecule has 3 nitrogen and oxygen atoms in total. The van der Waals surface area contributed by atoms with Gasteiger partial charge in [0.2, 0.25) is 0 Å². The maximum absolute atomic E-state index is 2.65. The van der Waals surface area contributed by atoms with E-state index in [0.29, 0.717) is 0 Å². The van der Waals surface area contributed by atoms with Crippen molar-refractivity contribution in [3.63, 3.8) is 0 Å². The first-order chi connectivity index (χ1) is 67.0. The van der Waals surface area contributed by atoms with Crippen molar-refractivity contribution >= 4 is 51.2 Å². The minimum atomic E-state index is 1.01. The third kappa shape index (κ3) is 19.2. The summed E-state index contributed by atoms with van der Waals surface area (Å²) in [6.07, 6.45) is 12.3. The summed E-state index contributed by atoms with van der Waals surface area (Å²) in [5, 5.41) is 0. The van der Waals surface area contributed by atoms with Gasteiger partial charge < -0.3 is 14.7 Å². The molecule has 3 heteroatoms. The van der Waals surface area contributed by atoms with Crippen LogP contribution in [0.1, 0.15) is 341 Å². The molecule has 0 bridgehead atoms. The highest BCUT2D eigenvalue weighted by molar-refractivity contribution is 6.02. The normalized spacial score (nSPS) is 12.3. The van der Waals surface area contributed by atoms with Gasteiger partial charge in [-0.1, -0.05) is 432 Å². The van der Waals surface area contributed by atoms with Crippen LogP contribution < -0.4 is 14.7 Å². The van der Waals surface area contributed by atoms with Crippen molar-refractivity contribution in [2.75, 3.05) is 14.7 Å². The Morgan fingerprint density at radius 3 is 0.644 bits per heavy atom. The second kappa shape index (κ2) is 49.8. The Balaban J connectivity index is 0.000000184. The van der Waals surface area contributed by atoms with E-state index in [0.717, 1.165) is 77.0 Å². The summed E-state index contributed by atoms with van der Waals surface area (Å²) in [7, 11) is 0. The van der Waals surface area contributed by atoms with Gasteiger partial charge in [-0.25, -0.2) is 0 Å². The Bertz CT molecular complexity index is 6370. The molecule has 15 aromatic carbocycles. The Kier molecular flexibility index (Phi) is 38.6. The number of nitrogens with zero attached hydrogens (tertiary/aromatic N) is 3. The smallest absolute Gasteiger partial charge is 0.0578 e. The molecule has 27 rings (SSSR count). The highest BCUT2D eigenvalue weighted by Crippen LogP contribution is 2.61. The first-order valence-electron chi connectivity index (χ1n) is 53.1. The van der Waals surface area contributed by atoms with E-state index in [-0.39, 0.29) is 0 Å². The fourth-order valence-electron chi connectivity index (χ4n) is 21.5. The zero-order chi connectivity index (χ0) is 98.0. The minimum absolute atomic E-state index is 1.01. The van der Waals surface area contributed by atoms with Gasteiger partial charge in [0.05, 0.1) is 51.2 Å². The van der Waals surface area contributed by atoms with Crippen molar-refractivity contribution in [2.45, 2.75) is 285 Å². The van der Waals surface area contributed by atoms with E-state index < -0.39 is 0 Å². The van der Waals surface area contributed by atoms with Crippen LogP contribution in [0.5, 0.6) is 0 Å². The standard InChI is InChI=1S/3C34H23N.15C2H6/c1-4-11-28-20(6-1)14-25-19-32-26(18-30(25)28)16-23-9-5-8-22-15-24-12-13-29-27-10-3-2-7-21(27)17-31(29)34(24)35(32)33(22)23;1-3-10-28-20(6-1)12-24-18-32-26(16-30(24)28)14-22-8-5-9-23-15-27-17-31-25(19-33(27)35(32)34(22)23)13-21-7-2-4-11-29(21)31;1-3-10-28-20(6-1)15-26-19-31-27(18-30(26)28)17-24-9-5-8-23-16-25-13-12-22-14-21-7-2-4-11-29(21)32(22)34(25)35(31)33(23)24;15*1-2/h1-13,18-19H,14-17H2;1-11,16-19H,12-15H2;1-13,18-19H,14-17H2;15*1-2H3. The van der Waals surface area contributed by atoms with Gasteiger partial charge in [-0.2, -0.15) is 0 Å². The Hall–Kier alpha value is -12.3. The second-order valence-corrected chi connectivity index (χ2v) is 31.6. The predicted molar refractivity (Wildman–Crippen MR) is 600 cm³/mol. The molecule has 0 atom stereocenters. The van der Waals surface area contributed by atoms with Crippen molar-refractivity contribution in [1.29, 1.82) is 0 Å². The summed E-state index contributed by atoms with van der Waals surface area (Å²) in [6.45, 7) is 60.0. The van der Waals surface area contributed by atoms with Crippen LogP contribution in [0.4, 0.5) is 51.2 Å². The SMILES string of the molecule is CC.CC.CC.CC.CC.CC.CC.CC.CC.CC.CC.CC.CC.CC.CC.c1ccc2c(c1)Cc1cc3c(cc1-2)Cc1cccc2c1N3c1c(ccc3c1-c1ccccc1C3)C2.c1ccc2c(c1)Cc1cc3c(cc1-2)Cc1cccc2c1N3c1c(ccc3c1Cc1ccccc1-3)C2.c1ccc2c(c1)Cc1cc3c(cc1-2)Cc1cccc2c1N3c1cc3c(cc1C2)-c1ccccc1C3. The van der Waals surface area contributed by atoms with Crippen LogP contribution in [0.15, 0.2) is 273 Å². The Morgan fingerprint density at radius 1 is 0.126 bits per heavy atom. The van der Waals surface area contributed by atoms with Gasteiger partial charge in [-0.3, -0.25) is 0 Å². The van der Waals surface area contributed by atoms with Gasteiger partial charge in [-0.15, -0.1) is 0 Å². The number of hydrogen-bond donors (Lipinski definition) is 0. The molecule has 0 amide bonds. The van der Waals surface area contributed by atoms with E-state index >= 15 is 0 Å². The van der Waals surface area contributed by atoms with E-state index in [9.17, 15) is 0 Å². The highest BCUT2D eigenvalue weighted by Gasteiger charge is 2.41. The topological polar surface area (TPSA) is 9.72 Å². The molecule has 135 heavy (non-hydrogen) atoms. The number of fused-ring (bicyclic) bond motifs is 32.